The number of benzene rings is 2. The fraction of sp³-hybridized carbons (Fsp3) is 0.0714. The Labute approximate surface area is 104 Å². The number of ether oxygens (including phenoxy) is 1. The van der Waals surface area contributed by atoms with Crippen LogP contribution >= 0.6 is 0 Å². The van der Waals surface area contributed by atoms with Crippen molar-refractivity contribution >= 4 is 5.97 Å². The van der Waals surface area contributed by atoms with Crippen molar-refractivity contribution in [3.05, 3.63) is 53.6 Å². The Morgan fingerprint density at radius 2 is 1.78 bits per heavy atom. The third-order valence-corrected chi connectivity index (χ3v) is 2.53. The molecule has 0 aliphatic heterocycles. The fourth-order valence-electron chi connectivity index (χ4n) is 1.52. The molecule has 0 aliphatic rings. The van der Waals surface area contributed by atoms with Crippen molar-refractivity contribution in [2.45, 2.75) is 6.92 Å². The summed E-state index contributed by atoms with van der Waals surface area (Å²) in [6.45, 7) is 1.81. The molecule has 4 nitrogen and oxygen atoms in total. The lowest BCUT2D eigenvalue weighted by atomic mass is 10.2. The van der Waals surface area contributed by atoms with Crippen LogP contribution in [0.25, 0.3) is 0 Å². The Morgan fingerprint density at radius 3 is 2.50 bits per heavy atom. The number of aryl methyl sites for hydroxylation is 1. The lowest BCUT2D eigenvalue weighted by molar-refractivity contribution is 0.0729. The summed E-state index contributed by atoms with van der Waals surface area (Å²) in [5.41, 5.74) is 0.740. The average molecular weight is 244 g/mol. The van der Waals surface area contributed by atoms with Gasteiger partial charge < -0.3 is 14.9 Å². The molecular formula is C14H12O4. The zero-order valence-electron chi connectivity index (χ0n) is 9.75. The van der Waals surface area contributed by atoms with E-state index < -0.39 is 11.7 Å². The standard InChI is InChI=1S/C14H12O4/c1-9-5-2-3-8-12(9)18-14(17)10-6-4-7-11(15)13(10)16/h2-8,15-16H,1H3. The van der Waals surface area contributed by atoms with Gasteiger partial charge in [-0.05, 0) is 30.7 Å². The Bertz CT molecular complexity index is 590. The Kier molecular flexibility index (Phi) is 3.19. The minimum absolute atomic E-state index is 0.0711. The number of carbonyl (C=O) groups excluding carboxylic acids is 1. The van der Waals surface area contributed by atoms with E-state index in [-0.39, 0.29) is 11.3 Å². The smallest absolute Gasteiger partial charge is 0.347 e. The van der Waals surface area contributed by atoms with Gasteiger partial charge in [-0.3, -0.25) is 0 Å². The van der Waals surface area contributed by atoms with Crippen LogP contribution in [0.4, 0.5) is 0 Å². The van der Waals surface area contributed by atoms with Gasteiger partial charge in [-0.2, -0.15) is 0 Å². The second-order valence-corrected chi connectivity index (χ2v) is 3.83. The third kappa shape index (κ3) is 2.27. The molecule has 0 aliphatic carbocycles. The summed E-state index contributed by atoms with van der Waals surface area (Å²) in [6.07, 6.45) is 0. The number of aromatic hydroxyl groups is 2. The highest BCUT2D eigenvalue weighted by Crippen LogP contribution is 2.29. The van der Waals surface area contributed by atoms with E-state index in [9.17, 15) is 15.0 Å². The van der Waals surface area contributed by atoms with Gasteiger partial charge in [-0.25, -0.2) is 4.79 Å². The van der Waals surface area contributed by atoms with Crippen molar-refractivity contribution in [3.63, 3.8) is 0 Å². The lowest BCUT2D eigenvalue weighted by Gasteiger charge is -2.08. The van der Waals surface area contributed by atoms with Crippen LogP contribution in [0.15, 0.2) is 42.5 Å². The summed E-state index contributed by atoms with van der Waals surface area (Å²) < 4.78 is 5.16. The molecule has 0 saturated heterocycles. The predicted molar refractivity (Wildman–Crippen MR) is 65.9 cm³/mol. The van der Waals surface area contributed by atoms with Crippen LogP contribution in [-0.4, -0.2) is 16.2 Å². The fourth-order valence-corrected chi connectivity index (χ4v) is 1.52. The number of para-hydroxylation sites is 2. The molecule has 0 unspecified atom stereocenters. The van der Waals surface area contributed by atoms with Crippen LogP contribution in [0.3, 0.4) is 0 Å². The number of phenols is 2. The molecular weight excluding hydrogens is 232 g/mol. The Morgan fingerprint density at radius 1 is 1.06 bits per heavy atom. The monoisotopic (exact) mass is 244 g/mol. The molecule has 92 valence electrons. The van der Waals surface area contributed by atoms with E-state index in [0.717, 1.165) is 5.56 Å². The lowest BCUT2D eigenvalue weighted by Crippen LogP contribution is -2.09. The molecule has 0 bridgehead atoms. The summed E-state index contributed by atoms with van der Waals surface area (Å²) >= 11 is 0. The van der Waals surface area contributed by atoms with E-state index in [1.54, 1.807) is 12.1 Å². The van der Waals surface area contributed by atoms with Gasteiger partial charge in [-0.1, -0.05) is 24.3 Å². The van der Waals surface area contributed by atoms with Crippen LogP contribution in [-0.2, 0) is 0 Å². The van der Waals surface area contributed by atoms with Gasteiger partial charge in [0.25, 0.3) is 0 Å². The van der Waals surface area contributed by atoms with Crippen molar-refractivity contribution in [1.82, 2.24) is 0 Å². The normalized spacial score (nSPS) is 10.1. The predicted octanol–water partition coefficient (Wildman–Crippen LogP) is 2.63. The van der Waals surface area contributed by atoms with Gasteiger partial charge in [0.1, 0.15) is 11.3 Å². The van der Waals surface area contributed by atoms with Crippen LogP contribution in [0, 0.1) is 6.92 Å². The van der Waals surface area contributed by atoms with Crippen LogP contribution in [0.2, 0.25) is 0 Å². The molecule has 0 fully saturated rings. The number of carbonyl (C=O) groups is 1. The van der Waals surface area contributed by atoms with Gasteiger partial charge in [0.15, 0.2) is 11.5 Å². The van der Waals surface area contributed by atoms with Gasteiger partial charge in [0.2, 0.25) is 0 Å². The minimum atomic E-state index is -0.710. The molecule has 0 amide bonds. The van der Waals surface area contributed by atoms with Crippen molar-refractivity contribution < 1.29 is 19.7 Å². The van der Waals surface area contributed by atoms with Crippen molar-refractivity contribution in [1.29, 1.82) is 0 Å². The summed E-state index contributed by atoms with van der Waals surface area (Å²) in [5, 5.41) is 18.9. The van der Waals surface area contributed by atoms with Crippen molar-refractivity contribution in [2.24, 2.45) is 0 Å². The quantitative estimate of drug-likeness (QED) is 0.484. The molecule has 4 heteroatoms. The zero-order chi connectivity index (χ0) is 13.1. The molecule has 0 spiro atoms. The molecule has 0 aromatic heterocycles. The highest BCUT2D eigenvalue weighted by molar-refractivity contribution is 5.94. The number of hydrogen-bond donors (Lipinski definition) is 2. The first-order valence-electron chi connectivity index (χ1n) is 5.38. The van der Waals surface area contributed by atoms with Gasteiger partial charge in [0, 0.05) is 0 Å². The maximum atomic E-state index is 11.8. The molecule has 18 heavy (non-hydrogen) atoms. The minimum Gasteiger partial charge on any atom is -0.504 e. The largest absolute Gasteiger partial charge is 0.504 e. The van der Waals surface area contributed by atoms with Gasteiger partial charge in [-0.15, -0.1) is 0 Å². The molecule has 0 heterocycles. The van der Waals surface area contributed by atoms with E-state index in [0.29, 0.717) is 5.75 Å². The average Bonchev–Trinajstić information content (AvgIpc) is 2.35. The van der Waals surface area contributed by atoms with Crippen molar-refractivity contribution in [3.8, 4) is 17.2 Å². The topological polar surface area (TPSA) is 66.8 Å². The van der Waals surface area contributed by atoms with Crippen LogP contribution in [0.5, 0.6) is 17.2 Å². The highest BCUT2D eigenvalue weighted by Gasteiger charge is 2.16. The molecule has 2 rings (SSSR count). The van der Waals surface area contributed by atoms with Crippen LogP contribution < -0.4 is 4.74 Å². The molecule has 2 aromatic rings. The first kappa shape index (κ1) is 12.0. The number of esters is 1. The summed E-state index contributed by atoms with van der Waals surface area (Å²) in [4.78, 5) is 11.8. The first-order chi connectivity index (χ1) is 8.59. The molecule has 0 saturated carbocycles. The summed E-state index contributed by atoms with van der Waals surface area (Å²) in [5.74, 6) is -1.12. The third-order valence-electron chi connectivity index (χ3n) is 2.53. The van der Waals surface area contributed by atoms with Crippen molar-refractivity contribution in [2.75, 3.05) is 0 Å². The molecule has 2 aromatic carbocycles. The van der Waals surface area contributed by atoms with E-state index in [2.05, 4.69) is 0 Å². The Balaban J connectivity index is 2.28. The maximum absolute atomic E-state index is 11.8. The molecule has 0 atom stereocenters. The second kappa shape index (κ2) is 4.79. The Hall–Kier alpha value is -2.49. The van der Waals surface area contributed by atoms with Gasteiger partial charge >= 0.3 is 5.97 Å². The summed E-state index contributed by atoms with van der Waals surface area (Å²) in [7, 11) is 0. The van der Waals surface area contributed by atoms with Crippen LogP contribution in [0.1, 0.15) is 15.9 Å². The zero-order valence-corrected chi connectivity index (χ0v) is 9.75. The maximum Gasteiger partial charge on any atom is 0.347 e. The van der Waals surface area contributed by atoms with Gasteiger partial charge in [0.05, 0.1) is 0 Å². The number of hydrogen-bond acceptors (Lipinski definition) is 4. The highest BCUT2D eigenvalue weighted by atomic mass is 16.5. The van der Waals surface area contributed by atoms with E-state index in [1.165, 1.54) is 18.2 Å². The SMILES string of the molecule is Cc1ccccc1OC(=O)c1cccc(O)c1O. The molecule has 0 radical (unpaired) electrons. The number of phenolic OH excluding ortho intramolecular Hbond substituents is 2. The van der Waals surface area contributed by atoms with E-state index in [4.69, 9.17) is 4.74 Å². The van der Waals surface area contributed by atoms with E-state index >= 15 is 0 Å². The summed E-state index contributed by atoms with van der Waals surface area (Å²) in [6, 6.07) is 11.2. The van der Waals surface area contributed by atoms with E-state index in [1.807, 2.05) is 19.1 Å². The first-order valence-corrected chi connectivity index (χ1v) is 5.38. The molecule has 2 N–H and O–H groups in total. The second-order valence-electron chi connectivity index (χ2n) is 3.83. The number of rotatable bonds is 2.